The van der Waals surface area contributed by atoms with Gasteiger partial charge in [-0.3, -0.25) is 4.90 Å². The average molecular weight is 266 g/mol. The quantitative estimate of drug-likeness (QED) is 0.831. The summed E-state index contributed by atoms with van der Waals surface area (Å²) < 4.78 is 16.9. The van der Waals surface area contributed by atoms with Gasteiger partial charge in [0, 0.05) is 38.4 Å². The van der Waals surface area contributed by atoms with E-state index in [-0.39, 0.29) is 12.2 Å². The van der Waals surface area contributed by atoms with E-state index in [4.69, 9.17) is 14.0 Å². The topological polar surface area (TPSA) is 47.7 Å². The van der Waals surface area contributed by atoms with Crippen LogP contribution in [0.2, 0.25) is 0 Å². The minimum Gasteiger partial charge on any atom is -0.374 e. The molecule has 1 aromatic rings. The van der Waals surface area contributed by atoms with Gasteiger partial charge in [-0.15, -0.1) is 0 Å². The molecule has 0 radical (unpaired) electrons. The molecule has 2 saturated heterocycles. The Bertz CT molecular complexity index is 421. The molecule has 19 heavy (non-hydrogen) atoms. The van der Waals surface area contributed by atoms with Crippen LogP contribution in [0, 0.1) is 6.92 Å². The molecule has 0 unspecified atom stereocenters. The minimum absolute atomic E-state index is 0.197. The average Bonchev–Trinajstić information content (AvgIpc) is 2.97. The Hall–Kier alpha value is -0.910. The summed E-state index contributed by atoms with van der Waals surface area (Å²) in [4.78, 5) is 2.43. The summed E-state index contributed by atoms with van der Waals surface area (Å²) in [5.41, 5.74) is 0.999. The van der Waals surface area contributed by atoms with Gasteiger partial charge in [0.05, 0.1) is 11.8 Å². The zero-order valence-electron chi connectivity index (χ0n) is 11.7. The third-order valence-corrected chi connectivity index (χ3v) is 4.01. The van der Waals surface area contributed by atoms with Crippen LogP contribution >= 0.6 is 0 Å². The van der Waals surface area contributed by atoms with Crippen molar-refractivity contribution in [2.75, 3.05) is 19.8 Å². The zero-order chi connectivity index (χ0) is 13.2. The van der Waals surface area contributed by atoms with Crippen molar-refractivity contribution in [3.63, 3.8) is 0 Å². The second-order valence-corrected chi connectivity index (χ2v) is 5.40. The maximum absolute atomic E-state index is 5.93. The molecule has 0 N–H and O–H groups in total. The Labute approximate surface area is 113 Å². The Morgan fingerprint density at radius 2 is 2.42 bits per heavy atom. The van der Waals surface area contributed by atoms with Crippen molar-refractivity contribution < 1.29 is 14.0 Å². The van der Waals surface area contributed by atoms with Crippen LogP contribution in [0.25, 0.3) is 0 Å². The standard InChI is InChI=1S/C14H22N2O3/c1-3-17-13-9-16(8-11-7-10(2)19-15-11)12-5-4-6-18-14(12)13/h7,12-14H,3-6,8-9H2,1-2H3/t12-,13+,14+/m0/s1. The fourth-order valence-corrected chi connectivity index (χ4v) is 3.25. The summed E-state index contributed by atoms with van der Waals surface area (Å²) in [6, 6.07) is 2.47. The van der Waals surface area contributed by atoms with Crippen molar-refractivity contribution in [3.8, 4) is 0 Å². The lowest BCUT2D eigenvalue weighted by Crippen LogP contribution is -2.41. The van der Waals surface area contributed by atoms with Gasteiger partial charge < -0.3 is 14.0 Å². The maximum Gasteiger partial charge on any atom is 0.133 e. The van der Waals surface area contributed by atoms with Gasteiger partial charge >= 0.3 is 0 Å². The predicted molar refractivity (Wildman–Crippen MR) is 69.8 cm³/mol. The van der Waals surface area contributed by atoms with Gasteiger partial charge in [0.2, 0.25) is 0 Å². The molecule has 2 aliphatic rings. The molecule has 3 atom stereocenters. The first-order chi connectivity index (χ1) is 9.28. The molecule has 0 amide bonds. The largest absolute Gasteiger partial charge is 0.374 e. The molecule has 0 saturated carbocycles. The lowest BCUT2D eigenvalue weighted by Gasteiger charge is -2.31. The number of fused-ring (bicyclic) bond motifs is 1. The summed E-state index contributed by atoms with van der Waals surface area (Å²) in [5, 5.41) is 4.09. The molecule has 2 fully saturated rings. The second kappa shape index (κ2) is 5.61. The van der Waals surface area contributed by atoms with Crippen LogP contribution in [0.15, 0.2) is 10.6 Å². The van der Waals surface area contributed by atoms with E-state index in [1.807, 2.05) is 19.9 Å². The normalized spacial score (nSPS) is 31.6. The second-order valence-electron chi connectivity index (χ2n) is 5.40. The fourth-order valence-electron chi connectivity index (χ4n) is 3.25. The number of aryl methyl sites for hydroxylation is 1. The lowest BCUT2D eigenvalue weighted by molar-refractivity contribution is -0.0750. The highest BCUT2D eigenvalue weighted by molar-refractivity contribution is 5.06. The molecule has 0 aromatic carbocycles. The minimum atomic E-state index is 0.197. The van der Waals surface area contributed by atoms with E-state index in [0.717, 1.165) is 44.2 Å². The number of rotatable bonds is 4. The van der Waals surface area contributed by atoms with Crippen molar-refractivity contribution in [2.45, 2.75) is 51.5 Å². The van der Waals surface area contributed by atoms with Crippen LogP contribution in [0.5, 0.6) is 0 Å². The van der Waals surface area contributed by atoms with Crippen LogP contribution in [0.3, 0.4) is 0 Å². The number of hydrogen-bond donors (Lipinski definition) is 0. The Balaban J connectivity index is 1.70. The highest BCUT2D eigenvalue weighted by atomic mass is 16.5. The predicted octanol–water partition coefficient (Wildman–Crippen LogP) is 1.75. The zero-order valence-corrected chi connectivity index (χ0v) is 11.7. The van der Waals surface area contributed by atoms with E-state index in [1.54, 1.807) is 0 Å². The van der Waals surface area contributed by atoms with E-state index in [0.29, 0.717) is 6.04 Å². The summed E-state index contributed by atoms with van der Waals surface area (Å²) in [5.74, 6) is 0.868. The SMILES string of the molecule is CCO[C@@H]1CN(Cc2cc(C)on2)[C@H]2CCCO[C@@H]12. The highest BCUT2D eigenvalue weighted by Crippen LogP contribution is 2.31. The lowest BCUT2D eigenvalue weighted by atomic mass is 10.0. The van der Waals surface area contributed by atoms with Crippen LogP contribution in [0.1, 0.15) is 31.2 Å². The van der Waals surface area contributed by atoms with Crippen molar-refractivity contribution in [1.82, 2.24) is 10.1 Å². The first-order valence-corrected chi connectivity index (χ1v) is 7.17. The number of aromatic nitrogens is 1. The molecular weight excluding hydrogens is 244 g/mol. The van der Waals surface area contributed by atoms with Gasteiger partial charge in [-0.25, -0.2) is 0 Å². The molecule has 0 aliphatic carbocycles. The van der Waals surface area contributed by atoms with Gasteiger partial charge in [-0.05, 0) is 26.7 Å². The summed E-state index contributed by atoms with van der Waals surface area (Å²) >= 11 is 0. The van der Waals surface area contributed by atoms with Gasteiger partial charge in [-0.2, -0.15) is 0 Å². The van der Waals surface area contributed by atoms with E-state index in [9.17, 15) is 0 Å². The monoisotopic (exact) mass is 266 g/mol. The van der Waals surface area contributed by atoms with Gasteiger partial charge in [0.1, 0.15) is 11.9 Å². The van der Waals surface area contributed by atoms with E-state index in [2.05, 4.69) is 10.1 Å². The van der Waals surface area contributed by atoms with Crippen molar-refractivity contribution in [2.24, 2.45) is 0 Å². The molecular formula is C14H22N2O3. The van der Waals surface area contributed by atoms with Crippen LogP contribution in [-0.4, -0.2) is 48.1 Å². The van der Waals surface area contributed by atoms with E-state index < -0.39 is 0 Å². The molecule has 0 bridgehead atoms. The molecule has 106 valence electrons. The smallest absolute Gasteiger partial charge is 0.133 e. The molecule has 1 aromatic heterocycles. The van der Waals surface area contributed by atoms with Gasteiger partial charge in [0.15, 0.2) is 0 Å². The van der Waals surface area contributed by atoms with Gasteiger partial charge in [-0.1, -0.05) is 5.16 Å². The highest BCUT2D eigenvalue weighted by Gasteiger charge is 2.44. The Kier molecular flexibility index (Phi) is 3.86. The Morgan fingerprint density at radius 1 is 1.53 bits per heavy atom. The molecule has 5 heteroatoms. The van der Waals surface area contributed by atoms with Crippen LogP contribution < -0.4 is 0 Å². The summed E-state index contributed by atoms with van der Waals surface area (Å²) in [6.07, 6.45) is 2.74. The van der Waals surface area contributed by atoms with Crippen LogP contribution in [0.4, 0.5) is 0 Å². The van der Waals surface area contributed by atoms with Crippen molar-refractivity contribution in [3.05, 3.63) is 17.5 Å². The molecule has 2 aliphatic heterocycles. The van der Waals surface area contributed by atoms with Gasteiger partial charge in [0.25, 0.3) is 0 Å². The Morgan fingerprint density at radius 3 is 3.16 bits per heavy atom. The summed E-state index contributed by atoms with van der Waals surface area (Å²) in [6.45, 7) is 7.33. The molecule has 0 spiro atoms. The maximum atomic E-state index is 5.93. The number of ether oxygens (including phenoxy) is 2. The van der Waals surface area contributed by atoms with Crippen molar-refractivity contribution in [1.29, 1.82) is 0 Å². The van der Waals surface area contributed by atoms with Crippen LogP contribution in [-0.2, 0) is 16.0 Å². The first-order valence-electron chi connectivity index (χ1n) is 7.17. The third kappa shape index (κ3) is 2.68. The third-order valence-electron chi connectivity index (χ3n) is 4.01. The fraction of sp³-hybridized carbons (Fsp3) is 0.786. The number of likely N-dealkylation sites (tertiary alicyclic amines) is 1. The molecule has 5 nitrogen and oxygen atoms in total. The van der Waals surface area contributed by atoms with Crippen molar-refractivity contribution >= 4 is 0 Å². The number of nitrogens with zero attached hydrogens (tertiary/aromatic N) is 2. The molecule has 3 rings (SSSR count). The van der Waals surface area contributed by atoms with E-state index >= 15 is 0 Å². The number of hydrogen-bond acceptors (Lipinski definition) is 5. The summed E-state index contributed by atoms with van der Waals surface area (Å²) in [7, 11) is 0. The first kappa shape index (κ1) is 13.1. The van der Waals surface area contributed by atoms with E-state index in [1.165, 1.54) is 6.42 Å². The molecule has 3 heterocycles.